The third-order valence-corrected chi connectivity index (χ3v) is 6.44. The van der Waals surface area contributed by atoms with Gasteiger partial charge in [0.2, 0.25) is 0 Å². The maximum absolute atomic E-state index is 5.82. The number of ether oxygens (including phenoxy) is 2. The molecule has 1 aromatic rings. The van der Waals surface area contributed by atoms with Crippen molar-refractivity contribution in [1.29, 1.82) is 0 Å². The molecule has 0 radical (unpaired) electrons. The van der Waals surface area contributed by atoms with Crippen molar-refractivity contribution in [3.63, 3.8) is 0 Å². The van der Waals surface area contributed by atoms with Gasteiger partial charge in [0.05, 0.1) is 0 Å². The van der Waals surface area contributed by atoms with Crippen molar-refractivity contribution in [2.45, 2.75) is 43.9 Å². The number of hydrogen-bond donors (Lipinski definition) is 0. The van der Waals surface area contributed by atoms with Crippen molar-refractivity contribution in [1.82, 2.24) is 4.90 Å². The van der Waals surface area contributed by atoms with E-state index >= 15 is 0 Å². The first kappa shape index (κ1) is 13.2. The number of nitrogens with zero attached hydrogens (tertiary/aromatic N) is 1. The van der Waals surface area contributed by atoms with Crippen molar-refractivity contribution in [3.8, 4) is 11.5 Å². The molecule has 0 spiro atoms. The Balaban J connectivity index is 1.44. The first-order valence-corrected chi connectivity index (χ1v) is 8.94. The molecular weight excluding hydrogens is 274 g/mol. The van der Waals surface area contributed by atoms with Crippen LogP contribution in [0.3, 0.4) is 0 Å². The van der Waals surface area contributed by atoms with Gasteiger partial charge in [0.1, 0.15) is 13.2 Å². The fourth-order valence-corrected chi connectivity index (χ4v) is 4.90. The van der Waals surface area contributed by atoms with Crippen LogP contribution in [0.5, 0.6) is 11.5 Å². The van der Waals surface area contributed by atoms with E-state index < -0.39 is 0 Å². The molecule has 3 fully saturated rings. The van der Waals surface area contributed by atoms with Gasteiger partial charge in [0.25, 0.3) is 0 Å². The van der Waals surface area contributed by atoms with Crippen LogP contribution < -0.4 is 9.47 Å². The Hall–Kier alpha value is -1.22. The number of rotatable bonds is 4. The van der Waals surface area contributed by atoms with Gasteiger partial charge in [-0.1, -0.05) is 6.07 Å². The summed E-state index contributed by atoms with van der Waals surface area (Å²) in [6.07, 6.45) is 8.34. The van der Waals surface area contributed by atoms with Crippen LogP contribution >= 0.6 is 0 Å². The third kappa shape index (κ3) is 1.91. The Labute approximate surface area is 132 Å². The molecule has 5 rings (SSSR count). The SMILES string of the molecule is c1cc2c(cc1C1(C3(CN4CCCC4)CC3)CC1)OCCO2. The molecule has 0 unspecified atom stereocenters. The zero-order valence-electron chi connectivity index (χ0n) is 13.3. The molecule has 0 aromatic heterocycles. The smallest absolute Gasteiger partial charge is 0.161 e. The molecule has 1 saturated heterocycles. The molecule has 3 nitrogen and oxygen atoms in total. The van der Waals surface area contributed by atoms with Gasteiger partial charge in [0.15, 0.2) is 11.5 Å². The summed E-state index contributed by atoms with van der Waals surface area (Å²) in [5, 5.41) is 0. The van der Waals surface area contributed by atoms with E-state index in [0.717, 1.165) is 11.5 Å². The monoisotopic (exact) mass is 299 g/mol. The Bertz CT molecular complexity index is 583. The average Bonchev–Trinajstić information content (AvgIpc) is 3.46. The summed E-state index contributed by atoms with van der Waals surface area (Å²) in [7, 11) is 0. The third-order valence-electron chi connectivity index (χ3n) is 6.44. The lowest BCUT2D eigenvalue weighted by Crippen LogP contribution is -2.35. The van der Waals surface area contributed by atoms with Crippen molar-refractivity contribution in [3.05, 3.63) is 23.8 Å². The van der Waals surface area contributed by atoms with E-state index in [0.29, 0.717) is 24.0 Å². The van der Waals surface area contributed by atoms with Gasteiger partial charge in [-0.2, -0.15) is 0 Å². The van der Waals surface area contributed by atoms with Gasteiger partial charge in [-0.05, 0) is 74.7 Å². The second-order valence-electron chi connectivity index (χ2n) is 7.70. The van der Waals surface area contributed by atoms with E-state index in [4.69, 9.17) is 9.47 Å². The maximum Gasteiger partial charge on any atom is 0.161 e. The highest BCUT2D eigenvalue weighted by molar-refractivity contribution is 5.49. The molecule has 118 valence electrons. The van der Waals surface area contributed by atoms with E-state index in [-0.39, 0.29) is 0 Å². The quantitative estimate of drug-likeness (QED) is 0.851. The Morgan fingerprint density at radius 3 is 2.32 bits per heavy atom. The normalized spacial score (nSPS) is 27.6. The number of hydrogen-bond acceptors (Lipinski definition) is 3. The molecule has 3 heteroatoms. The fourth-order valence-electron chi connectivity index (χ4n) is 4.90. The summed E-state index contributed by atoms with van der Waals surface area (Å²) in [6.45, 7) is 5.32. The van der Waals surface area contributed by atoms with Gasteiger partial charge in [0, 0.05) is 12.0 Å². The summed E-state index contributed by atoms with van der Waals surface area (Å²) in [5.41, 5.74) is 2.50. The average molecular weight is 299 g/mol. The van der Waals surface area contributed by atoms with Crippen molar-refractivity contribution in [2.75, 3.05) is 32.8 Å². The molecule has 2 aliphatic heterocycles. The highest BCUT2D eigenvalue weighted by Gasteiger charge is 2.66. The molecule has 2 aliphatic carbocycles. The van der Waals surface area contributed by atoms with E-state index in [1.165, 1.54) is 63.7 Å². The van der Waals surface area contributed by atoms with Crippen LogP contribution in [0.2, 0.25) is 0 Å². The topological polar surface area (TPSA) is 21.7 Å². The lowest BCUT2D eigenvalue weighted by atomic mass is 9.79. The zero-order chi connectivity index (χ0) is 14.6. The van der Waals surface area contributed by atoms with E-state index in [1.807, 2.05) is 0 Å². The van der Waals surface area contributed by atoms with Crippen molar-refractivity contribution < 1.29 is 9.47 Å². The van der Waals surface area contributed by atoms with Crippen LogP contribution in [-0.4, -0.2) is 37.7 Å². The van der Waals surface area contributed by atoms with Gasteiger partial charge in [-0.25, -0.2) is 0 Å². The molecule has 22 heavy (non-hydrogen) atoms. The van der Waals surface area contributed by atoms with Crippen molar-refractivity contribution >= 4 is 0 Å². The molecule has 1 aromatic carbocycles. The first-order chi connectivity index (χ1) is 10.8. The van der Waals surface area contributed by atoms with Crippen molar-refractivity contribution in [2.24, 2.45) is 5.41 Å². The van der Waals surface area contributed by atoms with E-state index in [2.05, 4.69) is 23.1 Å². The second kappa shape index (κ2) is 4.64. The molecule has 0 bridgehead atoms. The number of likely N-dealkylation sites (tertiary alicyclic amines) is 1. The van der Waals surface area contributed by atoms with Crippen LogP contribution in [0.15, 0.2) is 18.2 Å². The molecule has 2 heterocycles. The minimum Gasteiger partial charge on any atom is -0.486 e. The van der Waals surface area contributed by atoms with Crippen LogP contribution in [0.4, 0.5) is 0 Å². The predicted molar refractivity (Wildman–Crippen MR) is 85.7 cm³/mol. The zero-order valence-corrected chi connectivity index (χ0v) is 13.3. The van der Waals surface area contributed by atoms with E-state index in [9.17, 15) is 0 Å². The summed E-state index contributed by atoms with van der Waals surface area (Å²) in [6, 6.07) is 6.73. The largest absolute Gasteiger partial charge is 0.486 e. The van der Waals surface area contributed by atoms with Gasteiger partial charge < -0.3 is 14.4 Å². The van der Waals surface area contributed by atoms with E-state index in [1.54, 1.807) is 0 Å². The minimum absolute atomic E-state index is 0.436. The lowest BCUT2D eigenvalue weighted by Gasteiger charge is -2.32. The molecule has 2 saturated carbocycles. The predicted octanol–water partition coefficient (Wildman–Crippen LogP) is 3.37. The number of benzene rings is 1. The fraction of sp³-hybridized carbons (Fsp3) is 0.684. The van der Waals surface area contributed by atoms with Crippen LogP contribution in [0.1, 0.15) is 44.1 Å². The maximum atomic E-state index is 5.82. The van der Waals surface area contributed by atoms with Crippen LogP contribution in [0, 0.1) is 5.41 Å². The first-order valence-electron chi connectivity index (χ1n) is 8.94. The standard InChI is InChI=1S/C19H25NO2/c1-2-10-20(9-1)14-18(5-6-18)19(7-8-19)15-3-4-16-17(13-15)22-12-11-21-16/h3-4,13H,1-2,5-12,14H2. The number of fused-ring (bicyclic) bond motifs is 1. The second-order valence-corrected chi connectivity index (χ2v) is 7.70. The molecular formula is C19H25NO2. The Morgan fingerprint density at radius 2 is 1.64 bits per heavy atom. The summed E-state index contributed by atoms with van der Waals surface area (Å²) >= 11 is 0. The molecule has 4 aliphatic rings. The van der Waals surface area contributed by atoms with Crippen LogP contribution in [-0.2, 0) is 5.41 Å². The Morgan fingerprint density at radius 1 is 0.909 bits per heavy atom. The minimum atomic E-state index is 0.436. The highest BCUT2D eigenvalue weighted by atomic mass is 16.6. The molecule has 0 amide bonds. The summed E-state index contributed by atoms with van der Waals surface area (Å²) < 4.78 is 11.5. The molecule has 0 N–H and O–H groups in total. The summed E-state index contributed by atoms with van der Waals surface area (Å²) in [4.78, 5) is 2.71. The summed E-state index contributed by atoms with van der Waals surface area (Å²) in [5.74, 6) is 1.89. The lowest BCUT2D eigenvalue weighted by molar-refractivity contribution is 0.170. The van der Waals surface area contributed by atoms with Gasteiger partial charge in [-0.3, -0.25) is 0 Å². The van der Waals surface area contributed by atoms with Gasteiger partial charge in [-0.15, -0.1) is 0 Å². The van der Waals surface area contributed by atoms with Crippen LogP contribution in [0.25, 0.3) is 0 Å². The molecule has 0 atom stereocenters. The highest BCUT2D eigenvalue weighted by Crippen LogP contribution is 2.71. The Kier molecular flexibility index (Phi) is 2.79. The van der Waals surface area contributed by atoms with Gasteiger partial charge >= 0.3 is 0 Å².